The normalized spacial score (nSPS) is 21.3. The molecule has 1 aliphatic heterocycles. The van der Waals surface area contributed by atoms with Crippen molar-refractivity contribution in [1.29, 1.82) is 0 Å². The molecule has 2 amide bonds. The maximum Gasteiger partial charge on any atom is 0.236 e. The fourth-order valence-corrected chi connectivity index (χ4v) is 3.65. The third-order valence-corrected chi connectivity index (χ3v) is 4.81. The van der Waals surface area contributed by atoms with Crippen LogP contribution in [0.3, 0.4) is 0 Å². The first kappa shape index (κ1) is 14.3. The summed E-state index contributed by atoms with van der Waals surface area (Å²) in [5.41, 5.74) is 1.29. The smallest absolute Gasteiger partial charge is 0.236 e. The van der Waals surface area contributed by atoms with Crippen LogP contribution in [0.2, 0.25) is 0 Å². The van der Waals surface area contributed by atoms with Gasteiger partial charge in [-0.2, -0.15) is 0 Å². The van der Waals surface area contributed by atoms with Crippen molar-refractivity contribution in [1.82, 2.24) is 4.90 Å². The van der Waals surface area contributed by atoms with Crippen molar-refractivity contribution < 1.29 is 14.7 Å². The number of aliphatic hydroxyl groups excluding tert-OH is 1. The SMILES string of the molecule is O=C1CC2(CCCCC2)C(=O)N1Cc1cccc(CO)c1. The molecule has 4 heteroatoms. The predicted molar refractivity (Wildman–Crippen MR) is 78.1 cm³/mol. The van der Waals surface area contributed by atoms with E-state index in [2.05, 4.69) is 0 Å². The molecule has 21 heavy (non-hydrogen) atoms. The Morgan fingerprint density at radius 1 is 1.10 bits per heavy atom. The van der Waals surface area contributed by atoms with Gasteiger partial charge in [0, 0.05) is 6.42 Å². The number of rotatable bonds is 3. The summed E-state index contributed by atoms with van der Waals surface area (Å²) in [5, 5.41) is 9.18. The quantitative estimate of drug-likeness (QED) is 0.868. The fraction of sp³-hybridized carbons (Fsp3) is 0.529. The Balaban J connectivity index is 1.79. The van der Waals surface area contributed by atoms with Crippen LogP contribution in [-0.4, -0.2) is 21.8 Å². The molecule has 1 spiro atoms. The molecule has 3 rings (SSSR count). The van der Waals surface area contributed by atoms with Gasteiger partial charge in [-0.1, -0.05) is 43.5 Å². The van der Waals surface area contributed by atoms with E-state index in [0.29, 0.717) is 13.0 Å². The Hall–Kier alpha value is -1.68. The zero-order valence-electron chi connectivity index (χ0n) is 12.2. The highest BCUT2D eigenvalue weighted by Gasteiger charge is 2.51. The molecule has 1 heterocycles. The molecular weight excluding hydrogens is 266 g/mol. The summed E-state index contributed by atoms with van der Waals surface area (Å²) in [6, 6.07) is 7.43. The van der Waals surface area contributed by atoms with E-state index in [1.165, 1.54) is 11.3 Å². The van der Waals surface area contributed by atoms with Gasteiger partial charge < -0.3 is 5.11 Å². The Bertz CT molecular complexity index is 561. The van der Waals surface area contributed by atoms with Gasteiger partial charge in [0.25, 0.3) is 0 Å². The zero-order chi connectivity index (χ0) is 14.9. The van der Waals surface area contributed by atoms with Gasteiger partial charge in [-0.15, -0.1) is 0 Å². The fourth-order valence-electron chi connectivity index (χ4n) is 3.65. The highest BCUT2D eigenvalue weighted by Crippen LogP contribution is 2.45. The lowest BCUT2D eigenvalue weighted by Gasteiger charge is -2.30. The summed E-state index contributed by atoms with van der Waals surface area (Å²) in [4.78, 5) is 26.4. The molecule has 0 radical (unpaired) electrons. The van der Waals surface area contributed by atoms with Crippen molar-refractivity contribution in [2.75, 3.05) is 0 Å². The Labute approximate surface area is 124 Å². The number of imide groups is 1. The number of amides is 2. The van der Waals surface area contributed by atoms with Crippen LogP contribution in [0.25, 0.3) is 0 Å². The minimum atomic E-state index is -0.413. The van der Waals surface area contributed by atoms with Gasteiger partial charge in [0.05, 0.1) is 18.6 Å². The summed E-state index contributed by atoms with van der Waals surface area (Å²) in [6.07, 6.45) is 5.35. The number of carbonyl (C=O) groups excluding carboxylic acids is 2. The first-order valence-corrected chi connectivity index (χ1v) is 7.68. The van der Waals surface area contributed by atoms with Gasteiger partial charge >= 0.3 is 0 Å². The van der Waals surface area contributed by atoms with Gasteiger partial charge in [0.1, 0.15) is 0 Å². The Kier molecular flexibility index (Phi) is 3.81. The molecule has 2 fully saturated rings. The zero-order valence-corrected chi connectivity index (χ0v) is 12.2. The molecule has 1 saturated carbocycles. The first-order valence-electron chi connectivity index (χ1n) is 7.68. The molecule has 0 unspecified atom stereocenters. The van der Waals surface area contributed by atoms with Crippen LogP contribution in [0.1, 0.15) is 49.7 Å². The van der Waals surface area contributed by atoms with Gasteiger partial charge in [0.2, 0.25) is 11.8 Å². The van der Waals surface area contributed by atoms with Gasteiger partial charge in [-0.25, -0.2) is 0 Å². The lowest BCUT2D eigenvalue weighted by Crippen LogP contribution is -2.36. The topological polar surface area (TPSA) is 57.6 Å². The molecule has 1 aromatic rings. The third kappa shape index (κ3) is 2.60. The summed E-state index contributed by atoms with van der Waals surface area (Å²) in [5.74, 6) is -0.0297. The largest absolute Gasteiger partial charge is 0.392 e. The number of nitrogens with zero attached hydrogens (tertiary/aromatic N) is 1. The maximum absolute atomic E-state index is 12.7. The molecule has 0 bridgehead atoms. The van der Waals surface area contributed by atoms with Crippen LogP contribution >= 0.6 is 0 Å². The number of hydrogen-bond donors (Lipinski definition) is 1. The van der Waals surface area contributed by atoms with E-state index in [0.717, 1.165) is 36.8 Å². The third-order valence-electron chi connectivity index (χ3n) is 4.81. The second kappa shape index (κ2) is 5.60. The van der Waals surface area contributed by atoms with Crippen molar-refractivity contribution >= 4 is 11.8 Å². The number of likely N-dealkylation sites (tertiary alicyclic amines) is 1. The van der Waals surface area contributed by atoms with Crippen molar-refractivity contribution in [2.45, 2.75) is 51.7 Å². The molecule has 2 aliphatic rings. The van der Waals surface area contributed by atoms with Crippen molar-refractivity contribution in [3.8, 4) is 0 Å². The second-order valence-electron chi connectivity index (χ2n) is 6.28. The molecule has 4 nitrogen and oxygen atoms in total. The summed E-state index contributed by atoms with van der Waals surface area (Å²) < 4.78 is 0. The average molecular weight is 287 g/mol. The molecule has 1 aromatic carbocycles. The van der Waals surface area contributed by atoms with Crippen molar-refractivity contribution in [3.05, 3.63) is 35.4 Å². The predicted octanol–water partition coefficient (Wildman–Crippen LogP) is 2.39. The van der Waals surface area contributed by atoms with E-state index in [1.54, 1.807) is 0 Å². The van der Waals surface area contributed by atoms with Crippen LogP contribution in [-0.2, 0) is 22.7 Å². The molecule has 0 aromatic heterocycles. The number of benzene rings is 1. The van der Waals surface area contributed by atoms with E-state index in [-0.39, 0.29) is 18.4 Å². The van der Waals surface area contributed by atoms with Gasteiger partial charge in [-0.3, -0.25) is 14.5 Å². The van der Waals surface area contributed by atoms with E-state index < -0.39 is 5.41 Å². The average Bonchev–Trinajstić information content (AvgIpc) is 2.73. The minimum Gasteiger partial charge on any atom is -0.392 e. The van der Waals surface area contributed by atoms with E-state index in [9.17, 15) is 14.7 Å². The molecule has 1 saturated heterocycles. The van der Waals surface area contributed by atoms with Crippen LogP contribution in [0.4, 0.5) is 0 Å². The highest BCUT2D eigenvalue weighted by molar-refractivity contribution is 6.05. The summed E-state index contributed by atoms with van der Waals surface area (Å²) in [6.45, 7) is 0.299. The van der Waals surface area contributed by atoms with Crippen molar-refractivity contribution in [3.63, 3.8) is 0 Å². The standard InChI is InChI=1S/C17H21NO3/c19-12-14-6-4-5-13(9-14)11-18-15(20)10-17(16(18)21)7-2-1-3-8-17/h4-6,9,19H,1-3,7-8,10-12H2. The Morgan fingerprint density at radius 2 is 1.81 bits per heavy atom. The van der Waals surface area contributed by atoms with Gasteiger partial charge in [-0.05, 0) is 24.0 Å². The van der Waals surface area contributed by atoms with E-state index in [1.807, 2.05) is 24.3 Å². The molecule has 1 aliphatic carbocycles. The van der Waals surface area contributed by atoms with Crippen LogP contribution < -0.4 is 0 Å². The molecule has 112 valence electrons. The van der Waals surface area contributed by atoms with Crippen LogP contribution in [0.5, 0.6) is 0 Å². The van der Waals surface area contributed by atoms with Crippen molar-refractivity contribution in [2.24, 2.45) is 5.41 Å². The second-order valence-corrected chi connectivity index (χ2v) is 6.28. The van der Waals surface area contributed by atoms with Crippen LogP contribution in [0, 0.1) is 5.41 Å². The number of hydrogen-bond acceptors (Lipinski definition) is 3. The van der Waals surface area contributed by atoms with E-state index >= 15 is 0 Å². The summed E-state index contributed by atoms with van der Waals surface area (Å²) >= 11 is 0. The lowest BCUT2D eigenvalue weighted by atomic mass is 9.73. The maximum atomic E-state index is 12.7. The molecule has 0 atom stereocenters. The summed E-state index contributed by atoms with van der Waals surface area (Å²) in [7, 11) is 0. The Morgan fingerprint density at radius 3 is 2.52 bits per heavy atom. The van der Waals surface area contributed by atoms with E-state index in [4.69, 9.17) is 0 Å². The van der Waals surface area contributed by atoms with Gasteiger partial charge in [0.15, 0.2) is 0 Å². The van der Waals surface area contributed by atoms with Crippen LogP contribution in [0.15, 0.2) is 24.3 Å². The highest BCUT2D eigenvalue weighted by atomic mass is 16.3. The molecular formula is C17H21NO3. The number of aliphatic hydroxyl groups is 1. The number of carbonyl (C=O) groups is 2. The molecule has 1 N–H and O–H groups in total. The minimum absolute atomic E-state index is 0.0154. The first-order chi connectivity index (χ1) is 10.1. The lowest BCUT2D eigenvalue weighted by molar-refractivity contribution is -0.142. The monoisotopic (exact) mass is 287 g/mol.